The largest absolute Gasteiger partial charge is 0.371 e. The van der Waals surface area contributed by atoms with E-state index in [1.807, 2.05) is 18.2 Å². The average molecular weight is 204 g/mol. The standard InChI is InChI=1S/C12H16N2O/c13-12(15)10-5-4-8-14(9-10)11-6-2-1-3-7-11/h1-3,6-7,10H,4-5,8-9H2,(H2,13,15)/t10-/m1/s1. The Morgan fingerprint density at radius 2 is 2.07 bits per heavy atom. The molecule has 3 heteroatoms. The van der Waals surface area contributed by atoms with Gasteiger partial charge in [0.2, 0.25) is 5.91 Å². The topological polar surface area (TPSA) is 46.3 Å². The van der Waals surface area contributed by atoms with Crippen LogP contribution in [-0.2, 0) is 4.79 Å². The summed E-state index contributed by atoms with van der Waals surface area (Å²) in [4.78, 5) is 13.4. The van der Waals surface area contributed by atoms with Crippen molar-refractivity contribution in [3.05, 3.63) is 30.3 Å². The zero-order chi connectivity index (χ0) is 10.7. The number of nitrogens with zero attached hydrogens (tertiary/aromatic N) is 1. The van der Waals surface area contributed by atoms with Crippen LogP contribution in [0.25, 0.3) is 0 Å². The summed E-state index contributed by atoms with van der Waals surface area (Å²) in [5, 5.41) is 0. The quantitative estimate of drug-likeness (QED) is 0.791. The second kappa shape index (κ2) is 4.34. The van der Waals surface area contributed by atoms with Crippen molar-refractivity contribution in [2.75, 3.05) is 18.0 Å². The Bertz CT molecular complexity index is 337. The molecular formula is C12H16N2O. The van der Waals surface area contributed by atoms with Crippen LogP contribution in [0, 0.1) is 5.92 Å². The normalized spacial score (nSPS) is 21.3. The van der Waals surface area contributed by atoms with Crippen LogP contribution < -0.4 is 10.6 Å². The number of amides is 1. The Morgan fingerprint density at radius 3 is 2.73 bits per heavy atom. The first-order valence-corrected chi connectivity index (χ1v) is 5.36. The Balaban J connectivity index is 2.08. The van der Waals surface area contributed by atoms with Gasteiger partial charge in [0.15, 0.2) is 0 Å². The van der Waals surface area contributed by atoms with E-state index in [1.54, 1.807) is 0 Å². The highest BCUT2D eigenvalue weighted by Crippen LogP contribution is 2.22. The van der Waals surface area contributed by atoms with Gasteiger partial charge in [0.25, 0.3) is 0 Å². The molecule has 1 aliphatic heterocycles. The number of primary amides is 1. The molecule has 15 heavy (non-hydrogen) atoms. The maximum absolute atomic E-state index is 11.1. The third kappa shape index (κ3) is 2.29. The molecule has 0 spiro atoms. The number of benzene rings is 1. The molecule has 1 aromatic carbocycles. The zero-order valence-corrected chi connectivity index (χ0v) is 8.73. The lowest BCUT2D eigenvalue weighted by Gasteiger charge is -2.32. The molecule has 0 saturated carbocycles. The molecule has 0 aliphatic carbocycles. The summed E-state index contributed by atoms with van der Waals surface area (Å²) < 4.78 is 0. The fourth-order valence-electron chi connectivity index (χ4n) is 2.08. The minimum absolute atomic E-state index is 0.0129. The smallest absolute Gasteiger partial charge is 0.222 e. The molecular weight excluding hydrogens is 188 g/mol. The summed E-state index contributed by atoms with van der Waals surface area (Å²) in [6.07, 6.45) is 1.97. The van der Waals surface area contributed by atoms with E-state index < -0.39 is 0 Å². The molecule has 1 heterocycles. The number of hydrogen-bond acceptors (Lipinski definition) is 2. The molecule has 1 aliphatic rings. The summed E-state index contributed by atoms with van der Waals surface area (Å²) in [6.45, 7) is 1.78. The van der Waals surface area contributed by atoms with E-state index in [0.717, 1.165) is 25.9 Å². The lowest BCUT2D eigenvalue weighted by atomic mass is 9.97. The van der Waals surface area contributed by atoms with Crippen molar-refractivity contribution >= 4 is 11.6 Å². The van der Waals surface area contributed by atoms with Gasteiger partial charge in [0.05, 0.1) is 5.92 Å². The third-order valence-electron chi connectivity index (χ3n) is 2.95. The number of nitrogens with two attached hydrogens (primary N) is 1. The minimum Gasteiger partial charge on any atom is -0.371 e. The summed E-state index contributed by atoms with van der Waals surface area (Å²) >= 11 is 0. The first-order chi connectivity index (χ1) is 7.27. The van der Waals surface area contributed by atoms with E-state index in [0.29, 0.717) is 0 Å². The van der Waals surface area contributed by atoms with E-state index >= 15 is 0 Å². The van der Waals surface area contributed by atoms with Gasteiger partial charge in [0.1, 0.15) is 0 Å². The number of carbonyl (C=O) groups is 1. The van der Waals surface area contributed by atoms with Gasteiger partial charge in [0, 0.05) is 18.8 Å². The Hall–Kier alpha value is -1.51. The number of piperidine rings is 1. The van der Waals surface area contributed by atoms with Gasteiger partial charge in [-0.3, -0.25) is 4.79 Å². The van der Waals surface area contributed by atoms with Crippen LogP contribution in [0.2, 0.25) is 0 Å². The van der Waals surface area contributed by atoms with E-state index in [2.05, 4.69) is 17.0 Å². The molecule has 3 nitrogen and oxygen atoms in total. The maximum atomic E-state index is 11.1. The van der Waals surface area contributed by atoms with Crippen LogP contribution in [-0.4, -0.2) is 19.0 Å². The highest BCUT2D eigenvalue weighted by Gasteiger charge is 2.23. The molecule has 2 N–H and O–H groups in total. The van der Waals surface area contributed by atoms with Crippen LogP contribution in [0.5, 0.6) is 0 Å². The molecule has 1 atom stereocenters. The van der Waals surface area contributed by atoms with Crippen LogP contribution >= 0.6 is 0 Å². The highest BCUT2D eigenvalue weighted by atomic mass is 16.1. The molecule has 0 bridgehead atoms. The zero-order valence-electron chi connectivity index (χ0n) is 8.73. The van der Waals surface area contributed by atoms with Crippen molar-refractivity contribution in [3.63, 3.8) is 0 Å². The number of hydrogen-bond donors (Lipinski definition) is 1. The highest BCUT2D eigenvalue weighted by molar-refractivity contribution is 5.77. The van der Waals surface area contributed by atoms with Gasteiger partial charge in [-0.1, -0.05) is 18.2 Å². The average Bonchev–Trinajstić information content (AvgIpc) is 2.30. The van der Waals surface area contributed by atoms with Crippen molar-refractivity contribution in [2.24, 2.45) is 11.7 Å². The Morgan fingerprint density at radius 1 is 1.33 bits per heavy atom. The molecule has 1 fully saturated rings. The molecule has 80 valence electrons. The van der Waals surface area contributed by atoms with Gasteiger partial charge in [-0.2, -0.15) is 0 Å². The second-order valence-electron chi connectivity index (χ2n) is 4.02. The number of carbonyl (C=O) groups excluding carboxylic acids is 1. The van der Waals surface area contributed by atoms with Gasteiger partial charge in [-0.05, 0) is 25.0 Å². The molecule has 1 amide bonds. The molecule has 0 radical (unpaired) electrons. The van der Waals surface area contributed by atoms with Crippen LogP contribution in [0.3, 0.4) is 0 Å². The van der Waals surface area contributed by atoms with E-state index in [4.69, 9.17) is 5.73 Å². The van der Waals surface area contributed by atoms with Gasteiger partial charge < -0.3 is 10.6 Å². The third-order valence-corrected chi connectivity index (χ3v) is 2.95. The molecule has 0 unspecified atom stereocenters. The second-order valence-corrected chi connectivity index (χ2v) is 4.02. The SMILES string of the molecule is NC(=O)[C@@H]1CCCN(c2ccccc2)C1. The van der Waals surface area contributed by atoms with E-state index in [1.165, 1.54) is 5.69 Å². The number of para-hydroxylation sites is 1. The summed E-state index contributed by atoms with van der Waals surface area (Å²) in [6, 6.07) is 10.2. The summed E-state index contributed by atoms with van der Waals surface area (Å²) in [5.41, 5.74) is 6.53. The lowest BCUT2D eigenvalue weighted by molar-refractivity contribution is -0.122. The van der Waals surface area contributed by atoms with Crippen LogP contribution in [0.4, 0.5) is 5.69 Å². The van der Waals surface area contributed by atoms with Gasteiger partial charge in [-0.15, -0.1) is 0 Å². The van der Waals surface area contributed by atoms with Crippen molar-refractivity contribution in [2.45, 2.75) is 12.8 Å². The molecule has 2 rings (SSSR count). The lowest BCUT2D eigenvalue weighted by Crippen LogP contribution is -2.41. The van der Waals surface area contributed by atoms with Crippen LogP contribution in [0.15, 0.2) is 30.3 Å². The van der Waals surface area contributed by atoms with Crippen molar-refractivity contribution < 1.29 is 4.79 Å². The predicted molar refractivity (Wildman–Crippen MR) is 60.6 cm³/mol. The van der Waals surface area contributed by atoms with Gasteiger partial charge >= 0.3 is 0 Å². The van der Waals surface area contributed by atoms with E-state index in [-0.39, 0.29) is 11.8 Å². The molecule has 1 aromatic rings. The Labute approximate surface area is 89.9 Å². The Kier molecular flexibility index (Phi) is 2.90. The minimum atomic E-state index is -0.171. The van der Waals surface area contributed by atoms with Crippen molar-refractivity contribution in [3.8, 4) is 0 Å². The fraction of sp³-hybridized carbons (Fsp3) is 0.417. The summed E-state index contributed by atoms with van der Waals surface area (Å²) in [7, 11) is 0. The first kappa shape index (κ1) is 10.0. The maximum Gasteiger partial charge on any atom is 0.222 e. The number of rotatable bonds is 2. The monoisotopic (exact) mass is 204 g/mol. The van der Waals surface area contributed by atoms with Crippen molar-refractivity contribution in [1.82, 2.24) is 0 Å². The van der Waals surface area contributed by atoms with Crippen LogP contribution in [0.1, 0.15) is 12.8 Å². The number of anilines is 1. The first-order valence-electron chi connectivity index (χ1n) is 5.36. The van der Waals surface area contributed by atoms with Crippen molar-refractivity contribution in [1.29, 1.82) is 0 Å². The van der Waals surface area contributed by atoms with E-state index in [9.17, 15) is 4.79 Å². The predicted octanol–water partition coefficient (Wildman–Crippen LogP) is 1.39. The molecule has 1 saturated heterocycles. The fourth-order valence-corrected chi connectivity index (χ4v) is 2.08. The summed E-state index contributed by atoms with van der Waals surface area (Å²) in [5.74, 6) is -0.158. The molecule has 0 aromatic heterocycles. The van der Waals surface area contributed by atoms with Gasteiger partial charge in [-0.25, -0.2) is 0 Å².